The summed E-state index contributed by atoms with van der Waals surface area (Å²) >= 11 is 0. The Hall–Kier alpha value is -2.67. The van der Waals surface area contributed by atoms with E-state index in [0.29, 0.717) is 24.4 Å². The molecule has 2 aliphatic heterocycles. The summed E-state index contributed by atoms with van der Waals surface area (Å²) in [6.45, 7) is 0.627. The fourth-order valence-corrected chi connectivity index (χ4v) is 6.14. The van der Waals surface area contributed by atoms with E-state index in [4.69, 9.17) is 0 Å². The van der Waals surface area contributed by atoms with E-state index in [0.717, 1.165) is 32.1 Å². The topological polar surface area (TPSA) is 78.8 Å². The van der Waals surface area contributed by atoms with Crippen molar-refractivity contribution in [2.75, 3.05) is 6.54 Å². The summed E-state index contributed by atoms with van der Waals surface area (Å²) in [7, 11) is -3.71. The van der Waals surface area contributed by atoms with Gasteiger partial charge in [0.05, 0.1) is 6.04 Å². The number of carbonyl (C=O) groups is 1. The van der Waals surface area contributed by atoms with Gasteiger partial charge in [0.2, 0.25) is 5.91 Å². The van der Waals surface area contributed by atoms with Gasteiger partial charge in [-0.05, 0) is 61.8 Å². The van der Waals surface area contributed by atoms with Gasteiger partial charge in [0.1, 0.15) is 10.9 Å². The second-order valence-corrected chi connectivity index (χ2v) is 9.82. The Labute approximate surface area is 177 Å². The minimum atomic E-state index is -3.71. The fraction of sp³-hybridized carbons (Fsp3) is 0.391. The summed E-state index contributed by atoms with van der Waals surface area (Å²) in [5.74, 6) is 0.371. The zero-order valence-electron chi connectivity index (χ0n) is 16.8. The lowest BCUT2D eigenvalue weighted by molar-refractivity contribution is -0.126. The van der Waals surface area contributed by atoms with Crippen LogP contribution in [-0.2, 0) is 21.2 Å². The number of piperidine rings is 1. The number of benzene rings is 2. The van der Waals surface area contributed by atoms with Crippen molar-refractivity contribution >= 4 is 21.8 Å². The number of hydrogen-bond acceptors (Lipinski definition) is 4. The predicted molar refractivity (Wildman–Crippen MR) is 115 cm³/mol. The van der Waals surface area contributed by atoms with Crippen LogP contribution in [-0.4, -0.2) is 37.6 Å². The molecule has 156 valence electrons. The number of amides is 1. The Balaban J connectivity index is 1.43. The number of aryl methyl sites for hydroxylation is 1. The Morgan fingerprint density at radius 1 is 1.00 bits per heavy atom. The first-order valence-electron chi connectivity index (χ1n) is 10.6. The van der Waals surface area contributed by atoms with Gasteiger partial charge < -0.3 is 10.2 Å². The van der Waals surface area contributed by atoms with Crippen LogP contribution >= 0.6 is 0 Å². The van der Waals surface area contributed by atoms with Crippen LogP contribution in [0.5, 0.6) is 0 Å². The summed E-state index contributed by atoms with van der Waals surface area (Å²) in [6, 6.07) is 14.8. The molecular formula is C23H25N3O3S. The van der Waals surface area contributed by atoms with Crippen LogP contribution in [0.15, 0.2) is 57.8 Å². The molecule has 0 unspecified atom stereocenters. The molecule has 2 heterocycles. The number of nitrogens with one attached hydrogen (secondary N) is 1. The number of nitrogens with zero attached hydrogens (tertiary/aromatic N) is 2. The zero-order valence-corrected chi connectivity index (χ0v) is 17.6. The quantitative estimate of drug-likeness (QED) is 0.805. The molecule has 2 aromatic carbocycles. The highest BCUT2D eigenvalue weighted by Gasteiger charge is 2.38. The van der Waals surface area contributed by atoms with Crippen molar-refractivity contribution in [1.29, 1.82) is 0 Å². The van der Waals surface area contributed by atoms with Crippen LogP contribution in [0, 0.1) is 0 Å². The van der Waals surface area contributed by atoms with Crippen molar-refractivity contribution in [1.82, 2.24) is 10.2 Å². The van der Waals surface area contributed by atoms with Crippen LogP contribution in [0.3, 0.4) is 0 Å². The average Bonchev–Trinajstić information content (AvgIpc) is 3.05. The number of carbonyl (C=O) groups excluding carboxylic acids is 1. The fourth-order valence-electron chi connectivity index (χ4n) is 4.93. The van der Waals surface area contributed by atoms with E-state index in [2.05, 4.69) is 21.8 Å². The molecule has 0 saturated carbocycles. The molecule has 1 fully saturated rings. The van der Waals surface area contributed by atoms with Gasteiger partial charge >= 0.3 is 0 Å². The van der Waals surface area contributed by atoms with Gasteiger partial charge in [0.15, 0.2) is 5.84 Å². The summed E-state index contributed by atoms with van der Waals surface area (Å²) in [5, 5.41) is 3.26. The van der Waals surface area contributed by atoms with E-state index in [-0.39, 0.29) is 16.8 Å². The zero-order chi connectivity index (χ0) is 20.7. The summed E-state index contributed by atoms with van der Waals surface area (Å²) < 4.78 is 29.1. The molecule has 30 heavy (non-hydrogen) atoms. The molecule has 0 aromatic heterocycles. The Kier molecular flexibility index (Phi) is 4.85. The lowest BCUT2D eigenvalue weighted by Gasteiger charge is -2.37. The van der Waals surface area contributed by atoms with Gasteiger partial charge in [0.25, 0.3) is 10.0 Å². The highest BCUT2D eigenvalue weighted by molar-refractivity contribution is 7.90. The van der Waals surface area contributed by atoms with Crippen molar-refractivity contribution < 1.29 is 13.2 Å². The van der Waals surface area contributed by atoms with Gasteiger partial charge in [-0.3, -0.25) is 4.79 Å². The molecule has 0 bridgehead atoms. The van der Waals surface area contributed by atoms with Crippen LogP contribution in [0.25, 0.3) is 0 Å². The summed E-state index contributed by atoms with van der Waals surface area (Å²) in [6.07, 6.45) is 5.57. The number of sulfonamides is 1. The molecule has 1 N–H and O–H groups in total. The van der Waals surface area contributed by atoms with E-state index in [1.807, 2.05) is 23.1 Å². The molecule has 6 nitrogen and oxygen atoms in total. The first kappa shape index (κ1) is 19.3. The number of hydrogen-bond donors (Lipinski definition) is 1. The van der Waals surface area contributed by atoms with E-state index in [1.54, 1.807) is 18.2 Å². The van der Waals surface area contributed by atoms with Crippen molar-refractivity contribution in [2.45, 2.75) is 55.5 Å². The van der Waals surface area contributed by atoms with Gasteiger partial charge in [-0.2, -0.15) is 8.42 Å². The Bertz CT molecular complexity index is 1130. The second-order valence-electron chi connectivity index (χ2n) is 8.24. The molecule has 2 aromatic rings. The molecule has 2 atom stereocenters. The van der Waals surface area contributed by atoms with E-state index >= 15 is 0 Å². The molecule has 1 amide bonds. The van der Waals surface area contributed by atoms with Crippen molar-refractivity contribution in [3.05, 3.63) is 65.2 Å². The van der Waals surface area contributed by atoms with Gasteiger partial charge in [-0.15, -0.1) is 4.40 Å². The lowest BCUT2D eigenvalue weighted by Crippen LogP contribution is -2.52. The Morgan fingerprint density at radius 2 is 1.80 bits per heavy atom. The first-order chi connectivity index (χ1) is 14.5. The normalized spacial score (nSPS) is 24.5. The standard InChI is InChI=1S/C23H25N3O3S/c27-23(24-19-12-7-9-16-8-1-2-10-17(16)19)20-13-5-6-15-26(20)22-18-11-3-4-14-21(18)30(28,29)25-22/h1-4,8,10-11,14,19-20H,5-7,9,12-13,15H2,(H,24,27)/t19-,20-/m1/s1. The third kappa shape index (κ3) is 3.31. The lowest BCUT2D eigenvalue weighted by atomic mass is 9.87. The molecule has 1 saturated heterocycles. The van der Waals surface area contributed by atoms with Gasteiger partial charge in [0, 0.05) is 12.1 Å². The average molecular weight is 424 g/mol. The predicted octanol–water partition coefficient (Wildman–Crippen LogP) is 3.18. The van der Waals surface area contributed by atoms with Crippen molar-refractivity contribution in [2.24, 2.45) is 4.40 Å². The Morgan fingerprint density at radius 3 is 2.70 bits per heavy atom. The summed E-state index contributed by atoms with van der Waals surface area (Å²) in [5.41, 5.74) is 3.10. The smallest absolute Gasteiger partial charge is 0.285 e. The molecule has 1 aliphatic carbocycles. The number of rotatable bonds is 2. The highest BCUT2D eigenvalue weighted by atomic mass is 32.2. The van der Waals surface area contributed by atoms with Crippen molar-refractivity contribution in [3.63, 3.8) is 0 Å². The highest BCUT2D eigenvalue weighted by Crippen LogP contribution is 2.32. The third-order valence-corrected chi connectivity index (χ3v) is 7.70. The van der Waals surface area contributed by atoms with Crippen LogP contribution in [0.1, 0.15) is 54.8 Å². The minimum Gasteiger partial charge on any atom is -0.347 e. The van der Waals surface area contributed by atoms with Crippen LogP contribution in [0.4, 0.5) is 0 Å². The number of amidine groups is 1. The maximum absolute atomic E-state index is 13.4. The monoisotopic (exact) mass is 423 g/mol. The third-order valence-electron chi connectivity index (χ3n) is 6.38. The van der Waals surface area contributed by atoms with Crippen LogP contribution in [0.2, 0.25) is 0 Å². The first-order valence-corrected chi connectivity index (χ1v) is 12.1. The van der Waals surface area contributed by atoms with Crippen LogP contribution < -0.4 is 5.32 Å². The van der Waals surface area contributed by atoms with Crippen molar-refractivity contribution in [3.8, 4) is 0 Å². The molecular weight excluding hydrogens is 398 g/mol. The molecule has 3 aliphatic rings. The van der Waals surface area contributed by atoms with E-state index in [1.165, 1.54) is 11.1 Å². The second kappa shape index (κ2) is 7.54. The van der Waals surface area contributed by atoms with Gasteiger partial charge in [-0.25, -0.2) is 0 Å². The van der Waals surface area contributed by atoms with E-state index < -0.39 is 16.1 Å². The van der Waals surface area contributed by atoms with Gasteiger partial charge in [-0.1, -0.05) is 36.4 Å². The number of likely N-dealkylation sites (tertiary alicyclic amines) is 1. The largest absolute Gasteiger partial charge is 0.347 e. The molecule has 7 heteroatoms. The maximum atomic E-state index is 13.4. The number of fused-ring (bicyclic) bond motifs is 2. The SMILES string of the molecule is O=C(N[C@@H]1CCCc2ccccc21)[C@H]1CCCCN1C1=NS(=O)(=O)c2ccccc21. The minimum absolute atomic E-state index is 0.00719. The summed E-state index contributed by atoms with van der Waals surface area (Å²) in [4.78, 5) is 15.5. The molecule has 0 radical (unpaired) electrons. The molecule has 0 spiro atoms. The molecule has 5 rings (SSSR count). The maximum Gasteiger partial charge on any atom is 0.285 e. The van der Waals surface area contributed by atoms with E-state index in [9.17, 15) is 13.2 Å².